The van der Waals surface area contributed by atoms with Crippen molar-refractivity contribution in [3.05, 3.63) is 35.4 Å². The van der Waals surface area contributed by atoms with E-state index in [-0.39, 0.29) is 5.56 Å². The number of rotatable bonds is 5. The standard InChI is InChI=1S/C15H23F2N3/c1-3-15(2,20-9-4-5-10-20)14(19-18)13-11(16)7-6-8-12(13)17/h6-8,14,19H,3-5,9-10,18H2,1-2H3. The maximum Gasteiger partial charge on any atom is 0.131 e. The number of likely N-dealkylation sites (tertiary alicyclic amines) is 1. The van der Waals surface area contributed by atoms with Gasteiger partial charge in [0.25, 0.3) is 0 Å². The van der Waals surface area contributed by atoms with Gasteiger partial charge in [0.2, 0.25) is 0 Å². The lowest BCUT2D eigenvalue weighted by Crippen LogP contribution is -2.55. The average Bonchev–Trinajstić information content (AvgIpc) is 2.97. The normalized spacial score (nSPS) is 20.9. The lowest BCUT2D eigenvalue weighted by atomic mass is 9.83. The molecule has 1 fully saturated rings. The highest BCUT2D eigenvalue weighted by Gasteiger charge is 2.42. The molecule has 0 saturated carbocycles. The zero-order valence-corrected chi connectivity index (χ0v) is 12.1. The molecule has 0 bridgehead atoms. The Morgan fingerprint density at radius 1 is 1.30 bits per heavy atom. The van der Waals surface area contributed by atoms with Gasteiger partial charge in [0.05, 0.1) is 6.04 Å². The summed E-state index contributed by atoms with van der Waals surface area (Å²) in [5.41, 5.74) is 2.27. The molecule has 20 heavy (non-hydrogen) atoms. The number of nitrogens with two attached hydrogens (primary N) is 1. The van der Waals surface area contributed by atoms with Gasteiger partial charge in [-0.3, -0.25) is 16.2 Å². The first-order valence-corrected chi connectivity index (χ1v) is 7.19. The van der Waals surface area contributed by atoms with E-state index in [1.54, 1.807) is 0 Å². The summed E-state index contributed by atoms with van der Waals surface area (Å²) in [6, 6.07) is 3.36. The predicted molar refractivity (Wildman–Crippen MR) is 75.9 cm³/mol. The summed E-state index contributed by atoms with van der Waals surface area (Å²) in [5, 5.41) is 0. The fraction of sp³-hybridized carbons (Fsp3) is 0.600. The van der Waals surface area contributed by atoms with Gasteiger partial charge in [0.15, 0.2) is 0 Å². The molecule has 2 rings (SSSR count). The zero-order valence-electron chi connectivity index (χ0n) is 12.1. The molecular formula is C15H23F2N3. The second-order valence-corrected chi connectivity index (χ2v) is 5.64. The summed E-state index contributed by atoms with van der Waals surface area (Å²) in [6.07, 6.45) is 2.99. The van der Waals surface area contributed by atoms with E-state index < -0.39 is 23.2 Å². The Balaban J connectivity index is 2.43. The van der Waals surface area contributed by atoms with Gasteiger partial charge in [-0.05, 0) is 51.4 Å². The monoisotopic (exact) mass is 283 g/mol. The SMILES string of the molecule is CCC(C)(C(NN)c1c(F)cccc1F)N1CCCC1. The second-order valence-electron chi connectivity index (χ2n) is 5.64. The van der Waals surface area contributed by atoms with Crippen LogP contribution in [-0.2, 0) is 0 Å². The second kappa shape index (κ2) is 6.16. The van der Waals surface area contributed by atoms with Crippen LogP contribution in [0.5, 0.6) is 0 Å². The Hall–Kier alpha value is -1.04. The van der Waals surface area contributed by atoms with Crippen molar-refractivity contribution in [2.45, 2.75) is 44.7 Å². The molecule has 1 aromatic carbocycles. The fourth-order valence-corrected chi connectivity index (χ4v) is 3.20. The van der Waals surface area contributed by atoms with Crippen LogP contribution in [0.3, 0.4) is 0 Å². The van der Waals surface area contributed by atoms with Crippen LogP contribution >= 0.6 is 0 Å². The van der Waals surface area contributed by atoms with E-state index in [0.29, 0.717) is 0 Å². The minimum absolute atomic E-state index is 0.0336. The molecule has 0 aliphatic carbocycles. The van der Waals surface area contributed by atoms with Crippen molar-refractivity contribution in [2.75, 3.05) is 13.1 Å². The first kappa shape index (κ1) is 15.4. The van der Waals surface area contributed by atoms with Crippen molar-refractivity contribution in [1.29, 1.82) is 0 Å². The molecule has 112 valence electrons. The average molecular weight is 283 g/mol. The maximum atomic E-state index is 14.1. The van der Waals surface area contributed by atoms with Crippen molar-refractivity contribution in [3.8, 4) is 0 Å². The van der Waals surface area contributed by atoms with Gasteiger partial charge >= 0.3 is 0 Å². The Kier molecular flexibility index (Phi) is 4.73. The molecule has 5 heteroatoms. The number of hydrazine groups is 1. The van der Waals surface area contributed by atoms with Crippen LogP contribution in [-0.4, -0.2) is 23.5 Å². The highest BCUT2D eigenvalue weighted by atomic mass is 19.1. The molecule has 0 aromatic heterocycles. The molecular weight excluding hydrogens is 260 g/mol. The lowest BCUT2D eigenvalue weighted by molar-refractivity contribution is 0.0808. The molecule has 3 nitrogen and oxygen atoms in total. The van der Waals surface area contributed by atoms with Crippen LogP contribution in [0, 0.1) is 11.6 Å². The van der Waals surface area contributed by atoms with Crippen LogP contribution in [0.4, 0.5) is 8.78 Å². The minimum atomic E-state index is -0.577. The molecule has 2 atom stereocenters. The summed E-state index contributed by atoms with van der Waals surface area (Å²) in [4.78, 5) is 2.28. The molecule has 1 saturated heterocycles. The third-order valence-electron chi connectivity index (χ3n) is 4.62. The smallest absolute Gasteiger partial charge is 0.131 e. The van der Waals surface area contributed by atoms with Gasteiger partial charge in [-0.15, -0.1) is 0 Å². The van der Waals surface area contributed by atoms with E-state index in [4.69, 9.17) is 5.84 Å². The van der Waals surface area contributed by atoms with Gasteiger partial charge in [-0.1, -0.05) is 13.0 Å². The zero-order chi connectivity index (χ0) is 14.8. The topological polar surface area (TPSA) is 41.3 Å². The third-order valence-corrected chi connectivity index (χ3v) is 4.62. The number of nitrogens with zero attached hydrogens (tertiary/aromatic N) is 1. The first-order valence-electron chi connectivity index (χ1n) is 7.19. The number of nitrogens with one attached hydrogen (secondary N) is 1. The van der Waals surface area contributed by atoms with Crippen LogP contribution in [0.15, 0.2) is 18.2 Å². The van der Waals surface area contributed by atoms with Crippen molar-refractivity contribution in [1.82, 2.24) is 10.3 Å². The van der Waals surface area contributed by atoms with Crippen molar-refractivity contribution in [2.24, 2.45) is 5.84 Å². The van der Waals surface area contributed by atoms with Gasteiger partial charge in [0.1, 0.15) is 11.6 Å². The highest BCUT2D eigenvalue weighted by molar-refractivity contribution is 5.27. The van der Waals surface area contributed by atoms with Gasteiger partial charge < -0.3 is 0 Å². The summed E-state index contributed by atoms with van der Waals surface area (Å²) in [7, 11) is 0. The quantitative estimate of drug-likeness (QED) is 0.645. The molecule has 0 amide bonds. The molecule has 1 aliphatic rings. The molecule has 1 heterocycles. The van der Waals surface area contributed by atoms with E-state index in [9.17, 15) is 8.78 Å². The molecule has 1 aromatic rings. The number of halogens is 2. The Bertz CT molecular complexity index is 440. The van der Waals surface area contributed by atoms with Gasteiger partial charge in [0, 0.05) is 11.1 Å². The van der Waals surface area contributed by atoms with Gasteiger partial charge in [-0.2, -0.15) is 0 Å². The van der Waals surface area contributed by atoms with Crippen LogP contribution < -0.4 is 11.3 Å². The van der Waals surface area contributed by atoms with Gasteiger partial charge in [-0.25, -0.2) is 8.78 Å². The highest BCUT2D eigenvalue weighted by Crippen LogP contribution is 2.37. The lowest BCUT2D eigenvalue weighted by Gasteiger charge is -2.44. The van der Waals surface area contributed by atoms with E-state index in [1.165, 1.54) is 18.2 Å². The van der Waals surface area contributed by atoms with E-state index in [2.05, 4.69) is 10.3 Å². The van der Waals surface area contributed by atoms with Crippen LogP contribution in [0.25, 0.3) is 0 Å². The number of hydrogen-bond donors (Lipinski definition) is 2. The predicted octanol–water partition coefficient (Wildman–Crippen LogP) is 2.73. The summed E-state index contributed by atoms with van der Waals surface area (Å²) in [5.74, 6) is 4.56. The number of hydrogen-bond acceptors (Lipinski definition) is 3. The van der Waals surface area contributed by atoms with Crippen molar-refractivity contribution >= 4 is 0 Å². The third kappa shape index (κ3) is 2.57. The first-order chi connectivity index (χ1) is 9.54. The maximum absolute atomic E-state index is 14.1. The Labute approximate surface area is 119 Å². The summed E-state index contributed by atoms with van der Waals surface area (Å²) < 4.78 is 28.2. The van der Waals surface area contributed by atoms with E-state index in [0.717, 1.165) is 32.4 Å². The Morgan fingerprint density at radius 3 is 2.30 bits per heavy atom. The molecule has 0 spiro atoms. The van der Waals surface area contributed by atoms with E-state index in [1.807, 2.05) is 13.8 Å². The minimum Gasteiger partial charge on any atom is -0.296 e. The van der Waals surface area contributed by atoms with Crippen molar-refractivity contribution in [3.63, 3.8) is 0 Å². The summed E-state index contributed by atoms with van der Waals surface area (Å²) in [6.45, 7) is 5.94. The van der Waals surface area contributed by atoms with Crippen molar-refractivity contribution < 1.29 is 8.78 Å². The molecule has 2 unspecified atom stereocenters. The molecule has 1 aliphatic heterocycles. The van der Waals surface area contributed by atoms with Crippen LogP contribution in [0.2, 0.25) is 0 Å². The summed E-state index contributed by atoms with van der Waals surface area (Å²) >= 11 is 0. The Morgan fingerprint density at radius 2 is 1.85 bits per heavy atom. The molecule has 3 N–H and O–H groups in total. The molecule has 0 radical (unpaired) electrons. The van der Waals surface area contributed by atoms with E-state index >= 15 is 0 Å². The van der Waals surface area contributed by atoms with Crippen LogP contribution in [0.1, 0.15) is 44.7 Å². The largest absolute Gasteiger partial charge is 0.296 e. The fourth-order valence-electron chi connectivity index (χ4n) is 3.20. The number of benzene rings is 1.